The van der Waals surface area contributed by atoms with Gasteiger partial charge in [-0.2, -0.15) is 0 Å². The van der Waals surface area contributed by atoms with Crippen LogP contribution in [0.1, 0.15) is 35.5 Å². The third kappa shape index (κ3) is 5.13. The van der Waals surface area contributed by atoms with Crippen LogP contribution in [0.5, 0.6) is 0 Å². The van der Waals surface area contributed by atoms with Gasteiger partial charge in [-0.1, -0.05) is 48.2 Å². The highest BCUT2D eigenvalue weighted by Crippen LogP contribution is 2.39. The lowest BCUT2D eigenvalue weighted by atomic mass is 10.0. The molecule has 3 aromatic rings. The van der Waals surface area contributed by atoms with E-state index in [1.807, 2.05) is 48.5 Å². The van der Waals surface area contributed by atoms with Gasteiger partial charge in [-0.15, -0.1) is 0 Å². The van der Waals surface area contributed by atoms with E-state index >= 15 is 0 Å². The van der Waals surface area contributed by atoms with Crippen molar-refractivity contribution in [2.24, 2.45) is 0 Å². The quantitative estimate of drug-likeness (QED) is 0.363. The maximum absolute atomic E-state index is 9.30. The van der Waals surface area contributed by atoms with E-state index < -0.39 is 6.29 Å². The average Bonchev–Trinajstić information content (AvgIpc) is 2.78. The number of rotatable bonds is 6. The lowest BCUT2D eigenvalue weighted by Crippen LogP contribution is -2.31. The minimum atomic E-state index is -0.503. The molecule has 150 valence electrons. The molecular weight excluding hydrogens is 386 g/mol. The van der Waals surface area contributed by atoms with Crippen molar-refractivity contribution in [2.75, 3.05) is 11.5 Å². The van der Waals surface area contributed by atoms with E-state index in [1.54, 1.807) is 30.2 Å². The summed E-state index contributed by atoms with van der Waals surface area (Å²) >= 11 is 1.57. The van der Waals surface area contributed by atoms with Crippen LogP contribution in [-0.4, -0.2) is 26.9 Å². The van der Waals surface area contributed by atoms with Crippen molar-refractivity contribution in [3.05, 3.63) is 83.7 Å². The first-order valence-corrected chi connectivity index (χ1v) is 10.5. The molecule has 1 saturated heterocycles. The summed E-state index contributed by atoms with van der Waals surface area (Å²) in [4.78, 5) is 8.55. The van der Waals surface area contributed by atoms with E-state index in [1.165, 1.54) is 0 Å². The van der Waals surface area contributed by atoms with Gasteiger partial charge in [0.15, 0.2) is 11.4 Å². The number of nitrogen functional groups attached to an aromatic ring is 1. The van der Waals surface area contributed by atoms with Gasteiger partial charge in [0, 0.05) is 35.8 Å². The summed E-state index contributed by atoms with van der Waals surface area (Å²) in [5.74, 6) is 0.720. The van der Waals surface area contributed by atoms with Crippen molar-refractivity contribution in [1.29, 1.82) is 0 Å². The first-order valence-electron chi connectivity index (χ1n) is 9.47. The van der Waals surface area contributed by atoms with Crippen molar-refractivity contribution < 1.29 is 14.6 Å². The van der Waals surface area contributed by atoms with Crippen LogP contribution in [0.4, 0.5) is 5.69 Å². The number of aromatic nitrogens is 2. The highest BCUT2D eigenvalue weighted by molar-refractivity contribution is 7.99. The predicted octanol–water partition coefficient (Wildman–Crippen LogP) is 3.89. The molecule has 6 nitrogen and oxygen atoms in total. The molecule has 7 heteroatoms. The minimum Gasteiger partial charge on any atom is -0.399 e. The van der Waals surface area contributed by atoms with Gasteiger partial charge in [0.25, 0.3) is 0 Å². The second kappa shape index (κ2) is 9.37. The number of anilines is 1. The molecule has 0 radical (unpaired) electrons. The molecule has 4 rings (SSSR count). The second-order valence-corrected chi connectivity index (χ2v) is 7.85. The van der Waals surface area contributed by atoms with Gasteiger partial charge >= 0.3 is 0 Å². The Balaban J connectivity index is 1.53. The van der Waals surface area contributed by atoms with Gasteiger partial charge < -0.3 is 20.3 Å². The van der Waals surface area contributed by atoms with Gasteiger partial charge in [-0.05, 0) is 29.3 Å². The number of thioether (sulfide) groups is 1. The summed E-state index contributed by atoms with van der Waals surface area (Å²) < 4.78 is 12.5. The number of aliphatic hydroxyl groups is 1. The third-order valence-electron chi connectivity index (χ3n) is 4.74. The molecule has 3 unspecified atom stereocenters. The topological polar surface area (TPSA) is 90.5 Å². The molecule has 0 bridgehead atoms. The summed E-state index contributed by atoms with van der Waals surface area (Å²) in [5, 5.41) is 10.0. The number of ether oxygens (including phenoxy) is 2. The van der Waals surface area contributed by atoms with Crippen LogP contribution in [0.2, 0.25) is 0 Å². The molecule has 29 heavy (non-hydrogen) atoms. The van der Waals surface area contributed by atoms with E-state index in [0.717, 1.165) is 34.0 Å². The number of nitrogens with zero attached hydrogens (tertiary/aromatic N) is 2. The Morgan fingerprint density at radius 2 is 1.79 bits per heavy atom. The Kier molecular flexibility index (Phi) is 6.41. The Bertz CT molecular complexity index is 924. The summed E-state index contributed by atoms with van der Waals surface area (Å²) in [5.41, 5.74) is 9.46. The molecule has 0 aliphatic carbocycles. The lowest BCUT2D eigenvalue weighted by Gasteiger charge is -2.36. The predicted molar refractivity (Wildman–Crippen MR) is 112 cm³/mol. The van der Waals surface area contributed by atoms with Gasteiger partial charge in [-0.3, -0.25) is 0 Å². The SMILES string of the molecule is Nc1cccc(C2OC(CSc3ncccn3)CC(c3ccc(CO)cc3)O2)c1. The van der Waals surface area contributed by atoms with Crippen LogP contribution in [0, 0.1) is 0 Å². The van der Waals surface area contributed by atoms with Crippen molar-refractivity contribution >= 4 is 17.4 Å². The molecule has 3 N–H and O–H groups in total. The van der Waals surface area contributed by atoms with Crippen molar-refractivity contribution in [2.45, 2.75) is 36.7 Å². The first kappa shape index (κ1) is 19.8. The normalized spacial score (nSPS) is 21.8. The van der Waals surface area contributed by atoms with E-state index in [0.29, 0.717) is 5.69 Å². The van der Waals surface area contributed by atoms with Crippen LogP contribution < -0.4 is 5.73 Å². The zero-order valence-electron chi connectivity index (χ0n) is 15.8. The average molecular weight is 410 g/mol. The van der Waals surface area contributed by atoms with E-state index in [-0.39, 0.29) is 18.8 Å². The fourth-order valence-electron chi connectivity index (χ4n) is 3.26. The fraction of sp³-hybridized carbons (Fsp3) is 0.273. The largest absolute Gasteiger partial charge is 0.399 e. The zero-order chi connectivity index (χ0) is 20.1. The van der Waals surface area contributed by atoms with E-state index in [4.69, 9.17) is 15.2 Å². The van der Waals surface area contributed by atoms with Gasteiger partial charge in [-0.25, -0.2) is 9.97 Å². The minimum absolute atomic E-state index is 0.0250. The monoisotopic (exact) mass is 409 g/mol. The number of hydrogen-bond donors (Lipinski definition) is 2. The van der Waals surface area contributed by atoms with Crippen LogP contribution in [0.25, 0.3) is 0 Å². The van der Waals surface area contributed by atoms with Crippen molar-refractivity contribution in [1.82, 2.24) is 9.97 Å². The molecule has 1 aliphatic rings. The van der Waals surface area contributed by atoms with Crippen LogP contribution >= 0.6 is 11.8 Å². The van der Waals surface area contributed by atoms with E-state index in [9.17, 15) is 5.11 Å². The van der Waals surface area contributed by atoms with Crippen LogP contribution in [-0.2, 0) is 16.1 Å². The fourth-order valence-corrected chi connectivity index (χ4v) is 4.08. The molecule has 1 aliphatic heterocycles. The summed E-state index contributed by atoms with van der Waals surface area (Å²) in [7, 11) is 0. The first-order chi connectivity index (χ1) is 14.2. The Hall–Kier alpha value is -2.45. The molecule has 3 atom stereocenters. The Morgan fingerprint density at radius 3 is 2.52 bits per heavy atom. The van der Waals surface area contributed by atoms with E-state index in [2.05, 4.69) is 9.97 Å². The maximum Gasteiger partial charge on any atom is 0.187 e. The number of hydrogen-bond acceptors (Lipinski definition) is 7. The highest BCUT2D eigenvalue weighted by atomic mass is 32.2. The summed E-state index contributed by atoms with van der Waals surface area (Å²) in [6.45, 7) is 0.0250. The van der Waals surface area contributed by atoms with Gasteiger partial charge in [0.05, 0.1) is 18.8 Å². The van der Waals surface area contributed by atoms with Crippen LogP contribution in [0.15, 0.2) is 72.1 Å². The molecule has 0 saturated carbocycles. The molecule has 2 heterocycles. The Labute approximate surface area is 174 Å². The van der Waals surface area contributed by atoms with Crippen LogP contribution in [0.3, 0.4) is 0 Å². The smallest absolute Gasteiger partial charge is 0.187 e. The number of aliphatic hydroxyl groups excluding tert-OH is 1. The molecule has 1 fully saturated rings. The second-order valence-electron chi connectivity index (χ2n) is 6.86. The highest BCUT2D eigenvalue weighted by Gasteiger charge is 2.32. The van der Waals surface area contributed by atoms with Crippen molar-refractivity contribution in [3.63, 3.8) is 0 Å². The van der Waals surface area contributed by atoms with Gasteiger partial charge in [0.2, 0.25) is 0 Å². The standard InChI is InChI=1S/C22H23N3O3S/c23-18-4-1-3-17(11-18)21-27-19(14-29-22-24-9-2-10-25-22)12-20(28-21)16-7-5-15(13-26)6-8-16/h1-11,19-21,26H,12-14,23H2. The summed E-state index contributed by atoms with van der Waals surface area (Å²) in [6.07, 6.45) is 3.54. The van der Waals surface area contributed by atoms with Crippen molar-refractivity contribution in [3.8, 4) is 0 Å². The molecule has 1 aromatic heterocycles. The third-order valence-corrected chi connectivity index (χ3v) is 5.75. The molecule has 0 amide bonds. The maximum atomic E-state index is 9.30. The zero-order valence-corrected chi connectivity index (χ0v) is 16.7. The molecule has 0 spiro atoms. The molecular formula is C22H23N3O3S. The van der Waals surface area contributed by atoms with Gasteiger partial charge in [0.1, 0.15) is 0 Å². The Morgan fingerprint density at radius 1 is 1.00 bits per heavy atom. The summed E-state index contributed by atoms with van der Waals surface area (Å²) in [6, 6.07) is 17.2. The molecule has 2 aromatic carbocycles. The number of benzene rings is 2. The number of nitrogens with two attached hydrogens (primary N) is 1. The lowest BCUT2D eigenvalue weighted by molar-refractivity contribution is -0.245.